The third-order valence-electron chi connectivity index (χ3n) is 6.09. The Morgan fingerprint density at radius 1 is 1.03 bits per heavy atom. The summed E-state index contributed by atoms with van der Waals surface area (Å²) in [5.74, 6) is 0.123. The van der Waals surface area contributed by atoms with Gasteiger partial charge < -0.3 is 14.6 Å². The van der Waals surface area contributed by atoms with E-state index in [0.29, 0.717) is 41.3 Å². The fourth-order valence-corrected chi connectivity index (χ4v) is 6.97. The quantitative estimate of drug-likeness (QED) is 0.210. The molecule has 0 aliphatic carbocycles. The predicted molar refractivity (Wildman–Crippen MR) is 150 cm³/mol. The number of thiophene rings is 1. The Labute approximate surface area is 230 Å². The van der Waals surface area contributed by atoms with E-state index in [1.165, 1.54) is 10.2 Å². The van der Waals surface area contributed by atoms with E-state index in [1.54, 1.807) is 42.6 Å². The largest absolute Gasteiger partial charge is 0.494 e. The maximum atomic E-state index is 13.7. The smallest absolute Gasteiger partial charge is 0.303 e. The van der Waals surface area contributed by atoms with Gasteiger partial charge in [0.15, 0.2) is 0 Å². The molecule has 0 radical (unpaired) electrons. The van der Waals surface area contributed by atoms with Gasteiger partial charge in [-0.3, -0.25) is 4.79 Å². The van der Waals surface area contributed by atoms with E-state index in [1.807, 2.05) is 43.3 Å². The number of carboxylic acids is 1. The number of ether oxygens (including phenoxy) is 2. The number of rotatable bonds is 11. The summed E-state index contributed by atoms with van der Waals surface area (Å²) in [6.45, 7) is 2.72. The van der Waals surface area contributed by atoms with Gasteiger partial charge in [0.25, 0.3) is 10.0 Å². The number of nitrogens with zero attached hydrogens (tertiary/aromatic N) is 2. The van der Waals surface area contributed by atoms with Crippen LogP contribution in [0.15, 0.2) is 89.4 Å². The van der Waals surface area contributed by atoms with Gasteiger partial charge in [0.05, 0.1) is 12.1 Å². The molecular weight excluding hydrogens is 536 g/mol. The molecule has 0 bridgehead atoms. The second-order valence-corrected chi connectivity index (χ2v) is 11.9. The van der Waals surface area contributed by atoms with Crippen LogP contribution in [0.2, 0.25) is 0 Å². The molecule has 0 aliphatic heterocycles. The SMILES string of the molecule is CCOc1ccc2c(c1)c(CCC(=O)O)cn2S(=O)(=O)c1ccc(-c2ccc(OCc3ccccc3)nc2)s1. The molecule has 0 spiro atoms. The maximum absolute atomic E-state index is 13.7. The number of pyridine rings is 1. The highest BCUT2D eigenvalue weighted by Gasteiger charge is 2.24. The molecule has 0 unspecified atom stereocenters. The molecule has 200 valence electrons. The number of benzene rings is 2. The van der Waals surface area contributed by atoms with Gasteiger partial charge in [0.2, 0.25) is 5.88 Å². The molecule has 0 fully saturated rings. The molecule has 0 saturated carbocycles. The molecule has 3 heterocycles. The Bertz CT molecular complexity index is 1710. The first kappa shape index (κ1) is 26.5. The van der Waals surface area contributed by atoms with E-state index in [9.17, 15) is 18.3 Å². The second-order valence-electron chi connectivity index (χ2n) is 8.74. The minimum Gasteiger partial charge on any atom is -0.494 e. The van der Waals surface area contributed by atoms with Gasteiger partial charge in [0, 0.05) is 40.7 Å². The lowest BCUT2D eigenvalue weighted by Gasteiger charge is -2.07. The third-order valence-corrected chi connectivity index (χ3v) is 9.36. The van der Waals surface area contributed by atoms with Crippen molar-refractivity contribution >= 4 is 38.2 Å². The summed E-state index contributed by atoms with van der Waals surface area (Å²) in [4.78, 5) is 16.3. The first-order chi connectivity index (χ1) is 18.8. The van der Waals surface area contributed by atoms with Crippen LogP contribution in [0.5, 0.6) is 11.6 Å². The van der Waals surface area contributed by atoms with Gasteiger partial charge in [0.1, 0.15) is 16.6 Å². The Balaban J connectivity index is 1.41. The van der Waals surface area contributed by atoms with E-state index in [-0.39, 0.29) is 17.1 Å². The Hall–Kier alpha value is -4.15. The maximum Gasteiger partial charge on any atom is 0.303 e. The summed E-state index contributed by atoms with van der Waals surface area (Å²) >= 11 is 1.14. The van der Waals surface area contributed by atoms with Crippen molar-refractivity contribution in [1.29, 1.82) is 0 Å². The zero-order valence-electron chi connectivity index (χ0n) is 21.1. The van der Waals surface area contributed by atoms with Crippen LogP contribution in [0.4, 0.5) is 0 Å². The fraction of sp³-hybridized carbons (Fsp3) is 0.172. The van der Waals surface area contributed by atoms with Crippen LogP contribution < -0.4 is 9.47 Å². The lowest BCUT2D eigenvalue weighted by atomic mass is 10.1. The lowest BCUT2D eigenvalue weighted by molar-refractivity contribution is -0.136. The molecule has 0 saturated heterocycles. The summed E-state index contributed by atoms with van der Waals surface area (Å²) in [6.07, 6.45) is 3.26. The Morgan fingerprint density at radius 3 is 2.56 bits per heavy atom. The first-order valence-electron chi connectivity index (χ1n) is 12.3. The molecule has 8 nitrogen and oxygen atoms in total. The summed E-state index contributed by atoms with van der Waals surface area (Å²) in [5, 5.41) is 9.83. The number of hydrogen-bond acceptors (Lipinski definition) is 7. The summed E-state index contributed by atoms with van der Waals surface area (Å²) in [7, 11) is -3.94. The van der Waals surface area contributed by atoms with Gasteiger partial charge in [-0.05, 0) is 60.9 Å². The molecular formula is C29H26N2O6S2. The van der Waals surface area contributed by atoms with Crippen molar-refractivity contribution in [3.05, 3.63) is 96.3 Å². The zero-order chi connectivity index (χ0) is 27.4. The highest BCUT2D eigenvalue weighted by Crippen LogP contribution is 2.35. The molecule has 0 amide bonds. The highest BCUT2D eigenvalue weighted by molar-refractivity contribution is 7.92. The number of aryl methyl sites for hydroxylation is 1. The van der Waals surface area contributed by atoms with Crippen LogP contribution in [-0.4, -0.2) is 35.1 Å². The van der Waals surface area contributed by atoms with E-state index in [0.717, 1.165) is 27.3 Å². The van der Waals surface area contributed by atoms with Crippen molar-refractivity contribution < 1.29 is 27.8 Å². The number of aliphatic carboxylic acids is 1. The van der Waals surface area contributed by atoms with Gasteiger partial charge in [-0.1, -0.05) is 30.3 Å². The molecule has 2 aromatic carbocycles. The van der Waals surface area contributed by atoms with Crippen molar-refractivity contribution in [2.24, 2.45) is 0 Å². The number of hydrogen-bond donors (Lipinski definition) is 1. The van der Waals surface area contributed by atoms with Crippen molar-refractivity contribution in [1.82, 2.24) is 8.96 Å². The molecule has 0 atom stereocenters. The van der Waals surface area contributed by atoms with E-state index in [2.05, 4.69) is 4.98 Å². The topological polar surface area (TPSA) is 108 Å². The minimum atomic E-state index is -3.94. The predicted octanol–water partition coefficient (Wildman–Crippen LogP) is 6.00. The van der Waals surface area contributed by atoms with Crippen molar-refractivity contribution in [3.63, 3.8) is 0 Å². The number of carbonyl (C=O) groups is 1. The summed E-state index contributed by atoms with van der Waals surface area (Å²) < 4.78 is 40.2. The molecule has 1 N–H and O–H groups in total. The van der Waals surface area contributed by atoms with Crippen LogP contribution >= 0.6 is 11.3 Å². The monoisotopic (exact) mass is 562 g/mol. The molecule has 39 heavy (non-hydrogen) atoms. The standard InChI is InChI=1S/C29H26N2O6S2/c1-2-36-23-10-11-25-24(16-23)22(9-14-28(32)33)18-31(25)39(34,35)29-15-12-26(38-29)21-8-13-27(30-17-21)37-19-20-6-4-3-5-7-20/h3-8,10-13,15-18H,2,9,14,19H2,1H3,(H,32,33). The summed E-state index contributed by atoms with van der Waals surface area (Å²) in [6, 6.07) is 21.9. The van der Waals surface area contributed by atoms with Gasteiger partial charge in [-0.2, -0.15) is 8.42 Å². The second kappa shape index (κ2) is 11.3. The van der Waals surface area contributed by atoms with E-state index >= 15 is 0 Å². The number of fused-ring (bicyclic) bond motifs is 1. The minimum absolute atomic E-state index is 0.112. The molecule has 5 aromatic rings. The van der Waals surface area contributed by atoms with Crippen LogP contribution in [0.25, 0.3) is 21.3 Å². The van der Waals surface area contributed by atoms with Gasteiger partial charge in [-0.25, -0.2) is 8.96 Å². The molecule has 10 heteroatoms. The van der Waals surface area contributed by atoms with Gasteiger partial charge >= 0.3 is 5.97 Å². The third kappa shape index (κ3) is 5.81. The average molecular weight is 563 g/mol. The number of aromatic nitrogens is 2. The Morgan fingerprint density at radius 2 is 1.85 bits per heavy atom. The van der Waals surface area contributed by atoms with E-state index < -0.39 is 16.0 Å². The molecule has 0 aliphatic rings. The first-order valence-corrected chi connectivity index (χ1v) is 14.6. The van der Waals surface area contributed by atoms with E-state index in [4.69, 9.17) is 9.47 Å². The lowest BCUT2D eigenvalue weighted by Crippen LogP contribution is -2.10. The highest BCUT2D eigenvalue weighted by atomic mass is 32.2. The van der Waals surface area contributed by atoms with Crippen LogP contribution in [0, 0.1) is 0 Å². The van der Waals surface area contributed by atoms with Crippen LogP contribution in [0.1, 0.15) is 24.5 Å². The van der Waals surface area contributed by atoms with Crippen LogP contribution in [-0.2, 0) is 27.8 Å². The zero-order valence-corrected chi connectivity index (χ0v) is 22.7. The van der Waals surface area contributed by atoms with Gasteiger partial charge in [-0.15, -0.1) is 11.3 Å². The van der Waals surface area contributed by atoms with Crippen molar-refractivity contribution in [3.8, 4) is 22.1 Å². The van der Waals surface area contributed by atoms with Crippen molar-refractivity contribution in [2.45, 2.75) is 30.6 Å². The normalized spacial score (nSPS) is 11.5. The summed E-state index contributed by atoms with van der Waals surface area (Å²) in [5.41, 5.74) is 2.91. The van der Waals surface area contributed by atoms with Crippen LogP contribution in [0.3, 0.4) is 0 Å². The molecule has 3 aromatic heterocycles. The fourth-order valence-electron chi connectivity index (χ4n) is 4.20. The molecule has 5 rings (SSSR count). The van der Waals surface area contributed by atoms with Crippen molar-refractivity contribution in [2.75, 3.05) is 6.61 Å². The average Bonchev–Trinajstić information content (AvgIpc) is 3.58. The Kier molecular flexibility index (Phi) is 7.67. The number of carboxylic acid groups (broad SMARTS) is 1.